The number of carbonyl (C=O) groups is 1. The zero-order chi connectivity index (χ0) is 24.7. The predicted molar refractivity (Wildman–Crippen MR) is 133 cm³/mol. The first kappa shape index (κ1) is 22.8. The molecule has 4 aromatic rings. The molecule has 1 aliphatic heterocycles. The van der Waals surface area contributed by atoms with E-state index in [1.807, 2.05) is 23.0 Å². The number of hydrogen-bond acceptors (Lipinski definition) is 9. The molecule has 0 aliphatic carbocycles. The average Bonchev–Trinajstić information content (AvgIpc) is 3.45. The van der Waals surface area contributed by atoms with Crippen molar-refractivity contribution in [2.24, 2.45) is 11.7 Å². The monoisotopic (exact) mass is 475 g/mol. The topological polar surface area (TPSA) is 154 Å². The molecule has 0 spiro atoms. The van der Waals surface area contributed by atoms with Gasteiger partial charge >= 0.3 is 0 Å². The summed E-state index contributed by atoms with van der Waals surface area (Å²) in [6.07, 6.45) is 8.56. The molecule has 5 heterocycles. The molecule has 0 saturated carbocycles. The van der Waals surface area contributed by atoms with E-state index in [0.717, 1.165) is 17.8 Å². The van der Waals surface area contributed by atoms with E-state index >= 15 is 0 Å². The molecule has 1 aliphatic rings. The van der Waals surface area contributed by atoms with Crippen molar-refractivity contribution in [2.45, 2.75) is 38.8 Å². The van der Waals surface area contributed by atoms with Crippen LogP contribution in [0.15, 0.2) is 47.5 Å². The molecule has 11 nitrogen and oxygen atoms in total. The molecule has 1 saturated heterocycles. The summed E-state index contributed by atoms with van der Waals surface area (Å²) in [5.41, 5.74) is 16.2. The van der Waals surface area contributed by atoms with Gasteiger partial charge in [0.25, 0.3) is 5.91 Å². The van der Waals surface area contributed by atoms with Crippen LogP contribution < -0.4 is 21.7 Å². The van der Waals surface area contributed by atoms with Crippen molar-refractivity contribution < 1.29 is 9.21 Å². The molecule has 11 heteroatoms. The molecule has 182 valence electrons. The van der Waals surface area contributed by atoms with Gasteiger partial charge in [-0.05, 0) is 29.5 Å². The van der Waals surface area contributed by atoms with Crippen LogP contribution in [0.4, 0.5) is 17.3 Å². The van der Waals surface area contributed by atoms with E-state index in [1.54, 1.807) is 24.8 Å². The minimum absolute atomic E-state index is 0.0284. The van der Waals surface area contributed by atoms with Crippen molar-refractivity contribution in [1.29, 1.82) is 0 Å². The van der Waals surface area contributed by atoms with E-state index in [2.05, 4.69) is 51.3 Å². The van der Waals surface area contributed by atoms with Crippen LogP contribution in [0.3, 0.4) is 0 Å². The van der Waals surface area contributed by atoms with Crippen LogP contribution in [0, 0.1) is 5.92 Å². The number of carbonyl (C=O) groups excluding carboxylic acids is 1. The molecule has 1 amide bonds. The SMILES string of the molecule is CC(C)c1cnc2c(C(=O)Nc3cnccc3N3CC(C)C(n4ccnn4)C(N)C3)c(N)oc2c1. The maximum atomic E-state index is 13.3. The molecule has 1 fully saturated rings. The Morgan fingerprint density at radius 2 is 2.09 bits per heavy atom. The maximum absolute atomic E-state index is 13.3. The lowest BCUT2D eigenvalue weighted by Gasteiger charge is -2.42. The summed E-state index contributed by atoms with van der Waals surface area (Å²) in [4.78, 5) is 24.2. The summed E-state index contributed by atoms with van der Waals surface area (Å²) in [5, 5.41) is 11.0. The van der Waals surface area contributed by atoms with E-state index in [4.69, 9.17) is 15.9 Å². The summed E-state index contributed by atoms with van der Waals surface area (Å²) in [6, 6.07) is 3.60. The minimum Gasteiger partial charge on any atom is -0.438 e. The van der Waals surface area contributed by atoms with Crippen LogP contribution in [0.25, 0.3) is 11.1 Å². The highest BCUT2D eigenvalue weighted by Crippen LogP contribution is 2.34. The summed E-state index contributed by atoms with van der Waals surface area (Å²) in [7, 11) is 0. The Kier molecular flexibility index (Phi) is 5.85. The molecule has 3 unspecified atom stereocenters. The maximum Gasteiger partial charge on any atom is 0.263 e. The van der Waals surface area contributed by atoms with Crippen molar-refractivity contribution in [3.8, 4) is 0 Å². The van der Waals surface area contributed by atoms with Crippen molar-refractivity contribution in [3.05, 3.63) is 54.2 Å². The van der Waals surface area contributed by atoms with Crippen molar-refractivity contribution >= 4 is 34.3 Å². The lowest BCUT2D eigenvalue weighted by molar-refractivity contribution is 0.102. The van der Waals surface area contributed by atoms with Gasteiger partial charge in [-0.15, -0.1) is 5.10 Å². The van der Waals surface area contributed by atoms with Crippen LogP contribution >= 0.6 is 0 Å². The largest absolute Gasteiger partial charge is 0.438 e. The van der Waals surface area contributed by atoms with Gasteiger partial charge in [0.2, 0.25) is 5.88 Å². The van der Waals surface area contributed by atoms with Gasteiger partial charge in [-0.3, -0.25) is 14.8 Å². The van der Waals surface area contributed by atoms with Crippen LogP contribution in [0.1, 0.15) is 48.7 Å². The fourth-order valence-electron chi connectivity index (χ4n) is 4.84. The number of nitrogen functional groups attached to an aromatic ring is 1. The number of amides is 1. The number of nitrogens with one attached hydrogen (secondary N) is 1. The fourth-order valence-corrected chi connectivity index (χ4v) is 4.84. The summed E-state index contributed by atoms with van der Waals surface area (Å²) in [5.74, 6) is 0.0941. The molecule has 0 bridgehead atoms. The fraction of sp³-hybridized carbons (Fsp3) is 0.375. The first-order valence-corrected chi connectivity index (χ1v) is 11.6. The van der Waals surface area contributed by atoms with Crippen LogP contribution in [-0.2, 0) is 0 Å². The van der Waals surface area contributed by atoms with Gasteiger partial charge in [-0.25, -0.2) is 4.68 Å². The van der Waals surface area contributed by atoms with Crippen molar-refractivity contribution in [3.63, 3.8) is 0 Å². The molecule has 0 radical (unpaired) electrons. The highest BCUT2D eigenvalue weighted by molar-refractivity contribution is 6.15. The normalized spacial score (nSPS) is 20.5. The lowest BCUT2D eigenvalue weighted by Crippen LogP contribution is -2.53. The molecular weight excluding hydrogens is 446 g/mol. The summed E-state index contributed by atoms with van der Waals surface area (Å²) in [6.45, 7) is 7.56. The summed E-state index contributed by atoms with van der Waals surface area (Å²) >= 11 is 0. The van der Waals surface area contributed by atoms with Gasteiger partial charge < -0.3 is 26.1 Å². The third kappa shape index (κ3) is 4.18. The lowest BCUT2D eigenvalue weighted by atomic mass is 9.90. The van der Waals surface area contributed by atoms with Gasteiger partial charge in [0, 0.05) is 37.7 Å². The number of nitrogens with two attached hydrogens (primary N) is 2. The van der Waals surface area contributed by atoms with Crippen LogP contribution in [-0.4, -0.2) is 50.0 Å². The number of hydrogen-bond donors (Lipinski definition) is 3. The first-order valence-electron chi connectivity index (χ1n) is 11.6. The molecule has 3 atom stereocenters. The smallest absolute Gasteiger partial charge is 0.263 e. The highest BCUT2D eigenvalue weighted by atomic mass is 16.3. The second kappa shape index (κ2) is 8.99. The number of fused-ring (bicyclic) bond motifs is 1. The Morgan fingerprint density at radius 3 is 2.80 bits per heavy atom. The zero-order valence-corrected chi connectivity index (χ0v) is 19.9. The third-order valence-electron chi connectivity index (χ3n) is 6.57. The Hall–Kier alpha value is -3.99. The second-order valence-electron chi connectivity index (χ2n) is 9.38. The molecular formula is C24H29N9O2. The van der Waals surface area contributed by atoms with Crippen LogP contribution in [0.2, 0.25) is 0 Å². The van der Waals surface area contributed by atoms with E-state index in [9.17, 15) is 4.79 Å². The van der Waals surface area contributed by atoms with E-state index in [0.29, 0.717) is 23.3 Å². The van der Waals surface area contributed by atoms with Gasteiger partial charge in [-0.2, -0.15) is 0 Å². The molecule has 4 aromatic heterocycles. The molecule has 5 rings (SSSR count). The zero-order valence-electron chi connectivity index (χ0n) is 19.9. The quantitative estimate of drug-likeness (QED) is 0.395. The molecule has 0 aromatic carbocycles. The number of piperidine rings is 1. The standard InChI is InChI=1S/C24H29N9O2/c1-13(2)15-8-19-21(28-9-15)20(23(26)35-19)24(34)30-17-10-27-5-4-18(17)32-11-14(3)22(16(25)12-32)33-7-6-29-31-33/h4-10,13-14,16,22H,11-12,25-26H2,1-3H3,(H,30,34). The predicted octanol–water partition coefficient (Wildman–Crippen LogP) is 2.80. The van der Waals surface area contributed by atoms with Gasteiger partial charge in [0.05, 0.1) is 29.8 Å². The molecule has 35 heavy (non-hydrogen) atoms. The van der Waals surface area contributed by atoms with E-state index < -0.39 is 5.91 Å². The van der Waals surface area contributed by atoms with Gasteiger partial charge in [0.15, 0.2) is 5.58 Å². The minimum atomic E-state index is -0.407. The molecule has 5 N–H and O–H groups in total. The first-order chi connectivity index (χ1) is 16.8. The Labute approximate surface area is 202 Å². The van der Waals surface area contributed by atoms with Crippen LogP contribution in [0.5, 0.6) is 0 Å². The summed E-state index contributed by atoms with van der Waals surface area (Å²) < 4.78 is 7.49. The highest BCUT2D eigenvalue weighted by Gasteiger charge is 2.35. The van der Waals surface area contributed by atoms with E-state index in [-0.39, 0.29) is 35.4 Å². The van der Waals surface area contributed by atoms with Crippen molar-refractivity contribution in [2.75, 3.05) is 29.0 Å². The number of rotatable bonds is 5. The third-order valence-corrected chi connectivity index (χ3v) is 6.57. The number of aromatic nitrogens is 5. The number of anilines is 3. The number of nitrogens with zero attached hydrogens (tertiary/aromatic N) is 6. The van der Waals surface area contributed by atoms with E-state index in [1.165, 1.54) is 0 Å². The van der Waals surface area contributed by atoms with Gasteiger partial charge in [0.1, 0.15) is 11.1 Å². The number of furan rings is 1. The second-order valence-corrected chi connectivity index (χ2v) is 9.38. The average molecular weight is 476 g/mol. The number of pyridine rings is 2. The Balaban J connectivity index is 1.41. The Morgan fingerprint density at radius 1 is 1.26 bits per heavy atom. The van der Waals surface area contributed by atoms with Gasteiger partial charge in [-0.1, -0.05) is 26.0 Å². The Bertz CT molecular complexity index is 1340. The van der Waals surface area contributed by atoms with Crippen molar-refractivity contribution in [1.82, 2.24) is 25.0 Å².